The van der Waals surface area contributed by atoms with Crippen LogP contribution in [0, 0.1) is 17.7 Å². The lowest BCUT2D eigenvalue weighted by Crippen LogP contribution is -2.30. The number of fused-ring (bicyclic) bond motifs is 1. The molecule has 1 aliphatic heterocycles. The maximum absolute atomic E-state index is 14.5. The lowest BCUT2D eigenvalue weighted by molar-refractivity contribution is -0.126. The molecule has 1 saturated heterocycles. The second-order valence-electron chi connectivity index (χ2n) is 8.50. The highest BCUT2D eigenvalue weighted by atomic mass is 19.1. The molecule has 0 spiro atoms. The maximum atomic E-state index is 14.5. The number of imidazole rings is 1. The van der Waals surface area contributed by atoms with Crippen LogP contribution in [0.5, 0.6) is 17.2 Å². The van der Waals surface area contributed by atoms with Crippen LogP contribution < -0.4 is 9.47 Å². The van der Waals surface area contributed by atoms with Crippen molar-refractivity contribution in [1.29, 1.82) is 0 Å². The van der Waals surface area contributed by atoms with Crippen LogP contribution in [0.15, 0.2) is 54.9 Å². The lowest BCUT2D eigenvalue weighted by atomic mass is 10.1. The van der Waals surface area contributed by atoms with Crippen molar-refractivity contribution < 1.29 is 23.8 Å². The van der Waals surface area contributed by atoms with Gasteiger partial charge in [0.1, 0.15) is 11.6 Å². The molecule has 188 valence electrons. The van der Waals surface area contributed by atoms with E-state index in [4.69, 9.17) is 14.5 Å². The third-order valence-electron chi connectivity index (χ3n) is 6.35. The van der Waals surface area contributed by atoms with Crippen LogP contribution in [0.2, 0.25) is 0 Å². The van der Waals surface area contributed by atoms with Gasteiger partial charge in [-0.1, -0.05) is 12.0 Å². The van der Waals surface area contributed by atoms with Gasteiger partial charge in [0.25, 0.3) is 5.91 Å². The first-order valence-corrected chi connectivity index (χ1v) is 11.9. The first-order valence-electron chi connectivity index (χ1n) is 11.9. The Morgan fingerprint density at radius 2 is 2.00 bits per heavy atom. The Bertz CT molecular complexity index is 1520. The fraction of sp³-hybridized carbons (Fsp3) is 0.250. The van der Waals surface area contributed by atoms with Crippen LogP contribution in [0.3, 0.4) is 0 Å². The highest BCUT2D eigenvalue weighted by Crippen LogP contribution is 2.37. The number of aromatic nitrogens is 3. The van der Waals surface area contributed by atoms with Crippen molar-refractivity contribution in [3.8, 4) is 40.3 Å². The summed E-state index contributed by atoms with van der Waals surface area (Å²) in [6.45, 7) is 1.97. The summed E-state index contributed by atoms with van der Waals surface area (Å²) in [5, 5.41) is 10.0. The highest BCUT2D eigenvalue weighted by molar-refractivity contribution is 5.94. The van der Waals surface area contributed by atoms with Gasteiger partial charge >= 0.3 is 0 Å². The summed E-state index contributed by atoms with van der Waals surface area (Å²) in [5.74, 6) is 5.77. The van der Waals surface area contributed by atoms with E-state index in [0.717, 1.165) is 18.4 Å². The van der Waals surface area contributed by atoms with E-state index in [9.17, 15) is 14.3 Å². The Labute approximate surface area is 213 Å². The first-order chi connectivity index (χ1) is 18.0. The Kier molecular flexibility index (Phi) is 6.75. The quantitative estimate of drug-likeness (QED) is 0.392. The number of nitrogens with zero attached hydrogens (tertiary/aromatic N) is 4. The second-order valence-corrected chi connectivity index (χ2v) is 8.50. The van der Waals surface area contributed by atoms with Gasteiger partial charge in [-0.2, -0.15) is 4.39 Å². The predicted molar refractivity (Wildman–Crippen MR) is 135 cm³/mol. The van der Waals surface area contributed by atoms with Crippen LogP contribution in [0.4, 0.5) is 4.39 Å². The van der Waals surface area contributed by atoms with Gasteiger partial charge in [0, 0.05) is 24.5 Å². The van der Waals surface area contributed by atoms with E-state index in [2.05, 4.69) is 16.8 Å². The van der Waals surface area contributed by atoms with Crippen LogP contribution in [0.1, 0.15) is 37.3 Å². The number of rotatable bonds is 6. The highest BCUT2D eigenvalue weighted by Gasteiger charge is 2.33. The minimum atomic E-state index is -0.582. The molecule has 0 aliphatic carbocycles. The number of likely N-dealkylation sites (tertiary alicyclic amines) is 1. The summed E-state index contributed by atoms with van der Waals surface area (Å²) in [4.78, 5) is 23.7. The summed E-state index contributed by atoms with van der Waals surface area (Å²) in [7, 11) is 1.40. The lowest BCUT2D eigenvalue weighted by Gasteiger charge is -2.21. The monoisotopic (exact) mass is 500 g/mol. The van der Waals surface area contributed by atoms with Gasteiger partial charge in [-0.3, -0.25) is 14.2 Å². The van der Waals surface area contributed by atoms with Gasteiger partial charge in [-0.25, -0.2) is 4.98 Å². The van der Waals surface area contributed by atoms with Gasteiger partial charge in [0.2, 0.25) is 5.82 Å². The van der Waals surface area contributed by atoms with Crippen molar-refractivity contribution in [2.45, 2.75) is 32.4 Å². The molecule has 0 saturated carbocycles. The zero-order chi connectivity index (χ0) is 25.9. The molecule has 1 fully saturated rings. The van der Waals surface area contributed by atoms with Crippen LogP contribution in [-0.4, -0.2) is 43.9 Å². The van der Waals surface area contributed by atoms with Crippen molar-refractivity contribution in [3.05, 3.63) is 72.2 Å². The number of halogens is 1. The number of ether oxygens (including phenoxy) is 2. The third-order valence-corrected chi connectivity index (χ3v) is 6.35. The Hall–Kier alpha value is -4.42. The first kappa shape index (κ1) is 24.3. The van der Waals surface area contributed by atoms with Crippen LogP contribution in [-0.2, 0) is 11.4 Å². The molecule has 0 radical (unpaired) electrons. The second kappa shape index (κ2) is 10.3. The van der Waals surface area contributed by atoms with Crippen LogP contribution >= 0.6 is 0 Å². The molecule has 9 heteroatoms. The average molecular weight is 501 g/mol. The number of aliphatic hydroxyl groups is 1. The molecular formula is C28H25FN4O4. The Balaban J connectivity index is 1.54. The summed E-state index contributed by atoms with van der Waals surface area (Å²) in [5.41, 5.74) is 2.51. The van der Waals surface area contributed by atoms with Gasteiger partial charge in [-0.15, -0.1) is 0 Å². The topological polar surface area (TPSA) is 89.2 Å². The van der Waals surface area contributed by atoms with Crippen molar-refractivity contribution in [2.75, 3.05) is 13.7 Å². The maximum Gasteiger partial charge on any atom is 0.299 e. The van der Waals surface area contributed by atoms with E-state index >= 15 is 0 Å². The minimum absolute atomic E-state index is 0.0507. The molecule has 1 atom stereocenters. The van der Waals surface area contributed by atoms with Gasteiger partial charge < -0.3 is 19.5 Å². The molecule has 1 amide bonds. The van der Waals surface area contributed by atoms with Crippen molar-refractivity contribution in [1.82, 2.24) is 19.3 Å². The molecule has 2 aromatic heterocycles. The average Bonchev–Trinajstić information content (AvgIpc) is 3.55. The number of aliphatic hydroxyl groups excluding tert-OH is 1. The molecule has 4 aromatic rings. The van der Waals surface area contributed by atoms with E-state index in [-0.39, 0.29) is 30.1 Å². The minimum Gasteiger partial charge on any atom is -0.494 e. The van der Waals surface area contributed by atoms with E-state index < -0.39 is 5.82 Å². The van der Waals surface area contributed by atoms with Gasteiger partial charge in [-0.05, 0) is 62.1 Å². The Morgan fingerprint density at radius 3 is 2.73 bits per heavy atom. The molecule has 0 bridgehead atoms. The summed E-state index contributed by atoms with van der Waals surface area (Å²) in [6, 6.07) is 11.5. The SMILES string of the molecule is CC#CC(=O)N1CCCC1c1nc(-c2ccc(Oc3cccc(OC)c3F)cc2)c2c(CO)nccn12. The van der Waals surface area contributed by atoms with Crippen LogP contribution in [0.25, 0.3) is 16.8 Å². The molecule has 5 rings (SSSR count). The van der Waals surface area contributed by atoms with E-state index in [1.54, 1.807) is 42.4 Å². The van der Waals surface area contributed by atoms with Crippen molar-refractivity contribution in [3.63, 3.8) is 0 Å². The number of hydrogen-bond acceptors (Lipinski definition) is 6. The predicted octanol–water partition coefficient (Wildman–Crippen LogP) is 4.52. The number of carbonyl (C=O) groups is 1. The number of benzene rings is 2. The van der Waals surface area contributed by atoms with E-state index in [1.807, 2.05) is 16.5 Å². The summed E-state index contributed by atoms with van der Waals surface area (Å²) >= 11 is 0. The molecule has 3 heterocycles. The normalized spacial score (nSPS) is 14.9. The molecular weight excluding hydrogens is 475 g/mol. The number of methoxy groups -OCH3 is 1. The smallest absolute Gasteiger partial charge is 0.299 e. The van der Waals surface area contributed by atoms with Gasteiger partial charge in [0.15, 0.2) is 11.5 Å². The number of carbonyl (C=O) groups excluding carboxylic acids is 1. The fourth-order valence-electron chi connectivity index (χ4n) is 4.67. The van der Waals surface area contributed by atoms with Gasteiger partial charge in [0.05, 0.1) is 36.7 Å². The largest absolute Gasteiger partial charge is 0.494 e. The van der Waals surface area contributed by atoms with Crippen molar-refractivity contribution >= 4 is 11.4 Å². The van der Waals surface area contributed by atoms with Crippen molar-refractivity contribution in [2.24, 2.45) is 0 Å². The summed E-state index contributed by atoms with van der Waals surface area (Å²) < 4.78 is 27.2. The number of hydrogen-bond donors (Lipinski definition) is 1. The Morgan fingerprint density at radius 1 is 1.22 bits per heavy atom. The zero-order valence-corrected chi connectivity index (χ0v) is 20.4. The van der Waals surface area contributed by atoms with E-state index in [0.29, 0.717) is 35.0 Å². The molecule has 8 nitrogen and oxygen atoms in total. The number of amides is 1. The fourth-order valence-corrected chi connectivity index (χ4v) is 4.67. The molecule has 1 unspecified atom stereocenters. The molecule has 2 aromatic carbocycles. The molecule has 1 N–H and O–H groups in total. The standard InChI is InChI=1S/C28H25FN4O4/c1-3-6-24(35)32-15-5-7-21(32)28-31-26(27-20(17-34)30-14-16-33(27)28)18-10-12-19(13-11-18)37-23-9-4-8-22(36-2)25(23)29/h4,8-14,16,21,34H,5,7,15,17H2,1-2H3. The summed E-state index contributed by atoms with van der Waals surface area (Å²) in [6.07, 6.45) is 5.00. The molecule has 1 aliphatic rings. The third kappa shape index (κ3) is 4.47. The van der Waals surface area contributed by atoms with E-state index in [1.165, 1.54) is 19.2 Å². The zero-order valence-electron chi connectivity index (χ0n) is 20.4. The molecule has 37 heavy (non-hydrogen) atoms.